The molecule has 2 nitrogen and oxygen atoms in total. The monoisotopic (exact) mass is 208 g/mol. The summed E-state index contributed by atoms with van der Waals surface area (Å²) < 4.78 is 0. The van der Waals surface area contributed by atoms with E-state index < -0.39 is 0 Å². The van der Waals surface area contributed by atoms with Crippen LogP contribution in [-0.2, 0) is 0 Å². The van der Waals surface area contributed by atoms with E-state index in [1.54, 1.807) is 0 Å². The summed E-state index contributed by atoms with van der Waals surface area (Å²) in [6.07, 6.45) is 1.08. The Hall–Kier alpha value is -0.670. The van der Waals surface area contributed by atoms with Gasteiger partial charge < -0.3 is 11.1 Å². The Balaban J connectivity index is 2.18. The average molecular weight is 208 g/mol. The maximum atomic E-state index is 5.60. The molecule has 0 saturated heterocycles. The van der Waals surface area contributed by atoms with Crippen molar-refractivity contribution < 1.29 is 0 Å². The van der Waals surface area contributed by atoms with Crippen molar-refractivity contribution in [3.63, 3.8) is 0 Å². The van der Waals surface area contributed by atoms with Gasteiger partial charge in [-0.2, -0.15) is 0 Å². The zero-order chi connectivity index (χ0) is 9.97. The molecule has 0 fully saturated rings. The molecule has 0 spiro atoms. The highest BCUT2D eigenvalue weighted by Gasteiger charge is 2.24. The standard InChI is InChI=1S/C11H16N2S/c1-8-10(6-7-12)14-11-5-3-2-4-9(11)13-8/h2-5,8,10,13H,6-7,12H2,1H3. The van der Waals surface area contributed by atoms with Gasteiger partial charge in [0, 0.05) is 21.9 Å². The van der Waals surface area contributed by atoms with E-state index in [2.05, 4.69) is 36.5 Å². The molecular formula is C11H16N2S. The maximum absolute atomic E-state index is 5.60. The molecule has 0 aromatic heterocycles. The van der Waals surface area contributed by atoms with Gasteiger partial charge in [-0.05, 0) is 32.0 Å². The molecule has 0 aliphatic carbocycles. The Morgan fingerprint density at radius 2 is 2.21 bits per heavy atom. The second kappa shape index (κ2) is 4.24. The van der Waals surface area contributed by atoms with Gasteiger partial charge in [0.25, 0.3) is 0 Å². The minimum atomic E-state index is 0.512. The van der Waals surface area contributed by atoms with Gasteiger partial charge in [0.1, 0.15) is 0 Å². The summed E-state index contributed by atoms with van der Waals surface area (Å²) in [6.45, 7) is 3.00. The van der Waals surface area contributed by atoms with Crippen molar-refractivity contribution in [3.8, 4) is 0 Å². The Bertz CT molecular complexity index is 314. The predicted octanol–water partition coefficient (Wildman–Crippen LogP) is 2.31. The molecular weight excluding hydrogens is 192 g/mol. The molecule has 2 rings (SSSR count). The van der Waals surface area contributed by atoms with E-state index in [1.165, 1.54) is 10.6 Å². The molecule has 76 valence electrons. The van der Waals surface area contributed by atoms with Gasteiger partial charge in [-0.1, -0.05) is 12.1 Å². The Labute approximate surface area is 89.3 Å². The first-order valence-corrected chi connectivity index (χ1v) is 5.91. The van der Waals surface area contributed by atoms with Gasteiger partial charge in [0.15, 0.2) is 0 Å². The number of anilines is 1. The molecule has 0 radical (unpaired) electrons. The first-order valence-electron chi connectivity index (χ1n) is 5.03. The molecule has 14 heavy (non-hydrogen) atoms. The number of fused-ring (bicyclic) bond motifs is 1. The van der Waals surface area contributed by atoms with Crippen LogP contribution in [0.15, 0.2) is 29.2 Å². The van der Waals surface area contributed by atoms with Gasteiger partial charge in [-0.25, -0.2) is 0 Å². The van der Waals surface area contributed by atoms with Crippen molar-refractivity contribution in [3.05, 3.63) is 24.3 Å². The topological polar surface area (TPSA) is 38.0 Å². The van der Waals surface area contributed by atoms with Crippen LogP contribution in [0, 0.1) is 0 Å². The summed E-state index contributed by atoms with van der Waals surface area (Å²) >= 11 is 1.95. The van der Waals surface area contributed by atoms with E-state index in [0.717, 1.165) is 13.0 Å². The molecule has 2 atom stereocenters. The fraction of sp³-hybridized carbons (Fsp3) is 0.455. The summed E-state index contributed by atoms with van der Waals surface area (Å²) in [5.41, 5.74) is 6.86. The molecule has 0 saturated carbocycles. The Morgan fingerprint density at radius 3 is 3.00 bits per heavy atom. The van der Waals surface area contributed by atoms with Crippen LogP contribution in [0.4, 0.5) is 5.69 Å². The zero-order valence-electron chi connectivity index (χ0n) is 8.36. The Morgan fingerprint density at radius 1 is 1.43 bits per heavy atom. The number of hydrogen-bond acceptors (Lipinski definition) is 3. The molecule has 2 unspecified atom stereocenters. The molecule has 0 bridgehead atoms. The SMILES string of the molecule is CC1Nc2ccccc2SC1CCN. The highest BCUT2D eigenvalue weighted by atomic mass is 32.2. The minimum absolute atomic E-state index is 0.512. The lowest BCUT2D eigenvalue weighted by molar-refractivity contribution is 0.672. The summed E-state index contributed by atoms with van der Waals surface area (Å²) in [5, 5.41) is 4.12. The number of benzene rings is 1. The fourth-order valence-electron chi connectivity index (χ4n) is 1.77. The fourth-order valence-corrected chi connectivity index (χ4v) is 3.03. The van der Waals surface area contributed by atoms with Crippen LogP contribution >= 0.6 is 11.8 Å². The van der Waals surface area contributed by atoms with E-state index in [4.69, 9.17) is 5.73 Å². The summed E-state index contributed by atoms with van der Waals surface area (Å²) in [7, 11) is 0. The van der Waals surface area contributed by atoms with E-state index in [-0.39, 0.29) is 0 Å². The van der Waals surface area contributed by atoms with Crippen molar-refractivity contribution in [2.75, 3.05) is 11.9 Å². The van der Waals surface area contributed by atoms with Crippen molar-refractivity contribution in [1.82, 2.24) is 0 Å². The van der Waals surface area contributed by atoms with Crippen LogP contribution in [0.3, 0.4) is 0 Å². The average Bonchev–Trinajstić information content (AvgIpc) is 2.19. The molecule has 1 heterocycles. The van der Waals surface area contributed by atoms with Gasteiger partial charge in [-0.3, -0.25) is 0 Å². The zero-order valence-corrected chi connectivity index (χ0v) is 9.18. The van der Waals surface area contributed by atoms with Crippen LogP contribution in [0.2, 0.25) is 0 Å². The smallest absolute Gasteiger partial charge is 0.0480 e. The highest BCUT2D eigenvalue weighted by molar-refractivity contribution is 8.00. The van der Waals surface area contributed by atoms with Crippen LogP contribution in [0.25, 0.3) is 0 Å². The van der Waals surface area contributed by atoms with Crippen molar-refractivity contribution in [2.45, 2.75) is 29.5 Å². The number of para-hydroxylation sites is 1. The van der Waals surface area contributed by atoms with Crippen molar-refractivity contribution in [1.29, 1.82) is 0 Å². The summed E-state index contributed by atoms with van der Waals surface area (Å²) in [5.74, 6) is 0. The lowest BCUT2D eigenvalue weighted by Gasteiger charge is -2.31. The van der Waals surface area contributed by atoms with E-state index >= 15 is 0 Å². The number of rotatable bonds is 2. The van der Waals surface area contributed by atoms with E-state index in [9.17, 15) is 0 Å². The Kier molecular flexibility index (Phi) is 2.99. The van der Waals surface area contributed by atoms with Gasteiger partial charge in [0.05, 0.1) is 0 Å². The first-order chi connectivity index (χ1) is 6.81. The first kappa shape index (κ1) is 9.87. The minimum Gasteiger partial charge on any atom is -0.381 e. The second-order valence-corrected chi connectivity index (χ2v) is 4.94. The van der Waals surface area contributed by atoms with Gasteiger partial charge >= 0.3 is 0 Å². The van der Waals surface area contributed by atoms with Gasteiger partial charge in [0.2, 0.25) is 0 Å². The van der Waals surface area contributed by atoms with Crippen molar-refractivity contribution in [2.24, 2.45) is 5.73 Å². The molecule has 1 aromatic rings. The van der Waals surface area contributed by atoms with Crippen LogP contribution in [-0.4, -0.2) is 17.8 Å². The third-order valence-corrected chi connectivity index (χ3v) is 4.11. The third-order valence-electron chi connectivity index (χ3n) is 2.56. The lowest BCUT2D eigenvalue weighted by Crippen LogP contribution is -2.33. The number of nitrogens with two attached hydrogens (primary N) is 1. The quantitative estimate of drug-likeness (QED) is 0.783. The van der Waals surface area contributed by atoms with E-state index in [1.807, 2.05) is 11.8 Å². The molecule has 1 aromatic carbocycles. The maximum Gasteiger partial charge on any atom is 0.0480 e. The molecule has 1 aliphatic heterocycles. The largest absolute Gasteiger partial charge is 0.381 e. The normalized spacial score (nSPS) is 25.3. The number of thioether (sulfide) groups is 1. The number of nitrogens with one attached hydrogen (secondary N) is 1. The molecule has 3 heteroatoms. The lowest BCUT2D eigenvalue weighted by atomic mass is 10.1. The molecule has 0 amide bonds. The summed E-state index contributed by atoms with van der Waals surface area (Å²) in [6, 6.07) is 8.98. The third kappa shape index (κ3) is 1.88. The van der Waals surface area contributed by atoms with Gasteiger partial charge in [-0.15, -0.1) is 11.8 Å². The second-order valence-electron chi connectivity index (χ2n) is 3.66. The molecule has 3 N–H and O–H groups in total. The van der Waals surface area contributed by atoms with E-state index in [0.29, 0.717) is 11.3 Å². The molecule has 1 aliphatic rings. The van der Waals surface area contributed by atoms with Crippen LogP contribution in [0.1, 0.15) is 13.3 Å². The highest BCUT2D eigenvalue weighted by Crippen LogP contribution is 2.38. The van der Waals surface area contributed by atoms with Crippen LogP contribution < -0.4 is 11.1 Å². The summed E-state index contributed by atoms with van der Waals surface area (Å²) in [4.78, 5) is 1.35. The predicted molar refractivity (Wildman–Crippen MR) is 62.8 cm³/mol. The van der Waals surface area contributed by atoms with Crippen LogP contribution in [0.5, 0.6) is 0 Å². The number of hydrogen-bond donors (Lipinski definition) is 2. The van der Waals surface area contributed by atoms with Crippen molar-refractivity contribution >= 4 is 17.4 Å².